The number of carbonyl (C=O) groups is 1. The van der Waals surface area contributed by atoms with E-state index in [1.165, 1.54) is 0 Å². The largest absolute Gasteiger partial charge is 0.436 e. The maximum Gasteiger partial charge on any atom is 0.255 e. The van der Waals surface area contributed by atoms with Crippen LogP contribution in [0.25, 0.3) is 22.6 Å². The monoisotopic (exact) mass is 393 g/mol. The summed E-state index contributed by atoms with van der Waals surface area (Å²) in [6.07, 6.45) is 3.38. The van der Waals surface area contributed by atoms with Crippen molar-refractivity contribution in [3.63, 3.8) is 0 Å². The van der Waals surface area contributed by atoms with Gasteiger partial charge in [-0.3, -0.25) is 9.78 Å². The van der Waals surface area contributed by atoms with Crippen molar-refractivity contribution in [3.05, 3.63) is 77.0 Å². The summed E-state index contributed by atoms with van der Waals surface area (Å²) >= 11 is 3.37. The number of pyridine rings is 1. The molecule has 122 valence electrons. The molecule has 2 aromatic heterocycles. The van der Waals surface area contributed by atoms with Gasteiger partial charge in [-0.2, -0.15) is 0 Å². The molecule has 0 unspecified atom stereocenters. The Hall–Kier alpha value is -2.99. The van der Waals surface area contributed by atoms with Gasteiger partial charge in [0.05, 0.1) is 0 Å². The molecule has 0 aliphatic rings. The van der Waals surface area contributed by atoms with Crippen molar-refractivity contribution < 1.29 is 9.21 Å². The fraction of sp³-hybridized carbons (Fsp3) is 0. The fourth-order valence-corrected chi connectivity index (χ4v) is 2.85. The van der Waals surface area contributed by atoms with Crippen LogP contribution in [-0.2, 0) is 0 Å². The second-order valence-corrected chi connectivity index (χ2v) is 6.32. The predicted octanol–water partition coefficient (Wildman–Crippen LogP) is 4.90. The number of hydrogen-bond donors (Lipinski definition) is 1. The summed E-state index contributed by atoms with van der Waals surface area (Å²) in [5, 5.41) is 2.87. The average Bonchev–Trinajstić information content (AvgIpc) is 3.06. The molecule has 0 spiro atoms. The molecule has 4 aromatic rings. The van der Waals surface area contributed by atoms with Gasteiger partial charge in [0.2, 0.25) is 5.89 Å². The molecular formula is C19H12BrN3O2. The molecule has 0 saturated heterocycles. The van der Waals surface area contributed by atoms with Crippen LogP contribution in [0.1, 0.15) is 10.4 Å². The number of nitrogens with one attached hydrogen (secondary N) is 1. The summed E-state index contributed by atoms with van der Waals surface area (Å²) in [4.78, 5) is 20.8. The van der Waals surface area contributed by atoms with E-state index in [2.05, 4.69) is 31.2 Å². The van der Waals surface area contributed by atoms with Crippen molar-refractivity contribution >= 4 is 38.6 Å². The van der Waals surface area contributed by atoms with Gasteiger partial charge in [0.25, 0.3) is 5.91 Å². The zero-order valence-corrected chi connectivity index (χ0v) is 14.5. The highest BCUT2D eigenvalue weighted by Crippen LogP contribution is 2.26. The number of carbonyl (C=O) groups excluding carboxylic acids is 1. The lowest BCUT2D eigenvalue weighted by Gasteiger charge is -2.05. The number of amides is 1. The third-order valence-corrected chi connectivity index (χ3v) is 4.15. The first-order valence-corrected chi connectivity index (χ1v) is 8.36. The molecule has 0 saturated carbocycles. The molecule has 2 heterocycles. The Morgan fingerprint density at radius 3 is 2.68 bits per heavy atom. The Bertz CT molecular complexity index is 1060. The number of halogens is 1. The fourth-order valence-electron chi connectivity index (χ4n) is 2.45. The number of rotatable bonds is 3. The first-order valence-electron chi connectivity index (χ1n) is 7.57. The first kappa shape index (κ1) is 15.5. The molecule has 2 aromatic carbocycles. The molecule has 1 amide bonds. The predicted molar refractivity (Wildman–Crippen MR) is 99.3 cm³/mol. The van der Waals surface area contributed by atoms with Crippen molar-refractivity contribution in [1.29, 1.82) is 0 Å². The van der Waals surface area contributed by atoms with Gasteiger partial charge in [0.15, 0.2) is 5.58 Å². The minimum absolute atomic E-state index is 0.186. The van der Waals surface area contributed by atoms with Gasteiger partial charge >= 0.3 is 0 Å². The van der Waals surface area contributed by atoms with Crippen LogP contribution in [0.5, 0.6) is 0 Å². The molecule has 0 bridgehead atoms. The van der Waals surface area contributed by atoms with E-state index in [1.54, 1.807) is 36.7 Å². The third-order valence-electron chi connectivity index (χ3n) is 3.66. The van der Waals surface area contributed by atoms with E-state index in [-0.39, 0.29) is 5.91 Å². The minimum atomic E-state index is -0.186. The van der Waals surface area contributed by atoms with Gasteiger partial charge in [-0.1, -0.05) is 22.0 Å². The van der Waals surface area contributed by atoms with E-state index in [4.69, 9.17) is 4.42 Å². The number of anilines is 1. The van der Waals surface area contributed by atoms with Gasteiger partial charge in [-0.25, -0.2) is 4.98 Å². The molecule has 5 nitrogen and oxygen atoms in total. The third kappa shape index (κ3) is 3.29. The molecule has 0 fully saturated rings. The lowest BCUT2D eigenvalue weighted by molar-refractivity contribution is 0.102. The standard InChI is InChI=1S/C19H12BrN3O2/c20-14-3-1-2-13(10-14)18(24)22-15-4-5-16-17(11-15)25-19(23-16)12-6-8-21-9-7-12/h1-11H,(H,22,24). The van der Waals surface area contributed by atoms with E-state index < -0.39 is 0 Å². The van der Waals surface area contributed by atoms with Crippen LogP contribution in [0.4, 0.5) is 5.69 Å². The van der Waals surface area contributed by atoms with Crippen LogP contribution in [-0.4, -0.2) is 15.9 Å². The molecule has 6 heteroatoms. The van der Waals surface area contributed by atoms with E-state index in [0.29, 0.717) is 22.7 Å². The van der Waals surface area contributed by atoms with E-state index in [9.17, 15) is 4.79 Å². The quantitative estimate of drug-likeness (QED) is 0.537. The maximum absolute atomic E-state index is 12.3. The zero-order valence-electron chi connectivity index (χ0n) is 12.9. The average molecular weight is 394 g/mol. The topological polar surface area (TPSA) is 68.0 Å². The van der Waals surface area contributed by atoms with Crippen LogP contribution < -0.4 is 5.32 Å². The second-order valence-electron chi connectivity index (χ2n) is 5.40. The summed E-state index contributed by atoms with van der Waals surface area (Å²) in [6.45, 7) is 0. The SMILES string of the molecule is O=C(Nc1ccc2nc(-c3ccncc3)oc2c1)c1cccc(Br)c1. The Labute approximate surface area is 151 Å². The van der Waals surface area contributed by atoms with Crippen molar-refractivity contribution in [1.82, 2.24) is 9.97 Å². The molecule has 0 aliphatic carbocycles. The van der Waals surface area contributed by atoms with Crippen LogP contribution in [0.3, 0.4) is 0 Å². The zero-order chi connectivity index (χ0) is 17.2. The number of benzene rings is 2. The summed E-state index contributed by atoms with van der Waals surface area (Å²) < 4.78 is 6.66. The van der Waals surface area contributed by atoms with Crippen LogP contribution >= 0.6 is 15.9 Å². The van der Waals surface area contributed by atoms with Crippen molar-refractivity contribution in [2.45, 2.75) is 0 Å². The molecule has 1 N–H and O–H groups in total. The minimum Gasteiger partial charge on any atom is -0.436 e. The Morgan fingerprint density at radius 2 is 1.88 bits per heavy atom. The molecule has 4 rings (SSSR count). The number of fused-ring (bicyclic) bond motifs is 1. The van der Waals surface area contributed by atoms with Gasteiger partial charge in [-0.05, 0) is 42.5 Å². The highest BCUT2D eigenvalue weighted by molar-refractivity contribution is 9.10. The van der Waals surface area contributed by atoms with E-state index >= 15 is 0 Å². The lowest BCUT2D eigenvalue weighted by atomic mass is 10.2. The van der Waals surface area contributed by atoms with Crippen molar-refractivity contribution in [2.24, 2.45) is 0 Å². The van der Waals surface area contributed by atoms with Crippen LogP contribution in [0.2, 0.25) is 0 Å². The van der Waals surface area contributed by atoms with Gasteiger partial charge in [0, 0.05) is 39.7 Å². The summed E-state index contributed by atoms with van der Waals surface area (Å²) in [7, 11) is 0. The lowest BCUT2D eigenvalue weighted by Crippen LogP contribution is -2.11. The Balaban J connectivity index is 1.62. The molecule has 0 aliphatic heterocycles. The van der Waals surface area contributed by atoms with Crippen LogP contribution in [0.15, 0.2) is 75.9 Å². The summed E-state index contributed by atoms with van der Waals surface area (Å²) in [5.74, 6) is 0.336. The van der Waals surface area contributed by atoms with Crippen LogP contribution in [0, 0.1) is 0 Å². The highest BCUT2D eigenvalue weighted by atomic mass is 79.9. The maximum atomic E-state index is 12.3. The molecule has 25 heavy (non-hydrogen) atoms. The van der Waals surface area contributed by atoms with Crippen molar-refractivity contribution in [3.8, 4) is 11.5 Å². The Morgan fingerprint density at radius 1 is 1.04 bits per heavy atom. The van der Waals surface area contributed by atoms with E-state index in [0.717, 1.165) is 15.6 Å². The highest BCUT2D eigenvalue weighted by Gasteiger charge is 2.11. The molecule has 0 radical (unpaired) electrons. The number of oxazole rings is 1. The van der Waals surface area contributed by atoms with Gasteiger partial charge in [-0.15, -0.1) is 0 Å². The Kier molecular flexibility index (Phi) is 4.03. The number of aromatic nitrogens is 2. The summed E-state index contributed by atoms with van der Waals surface area (Å²) in [6, 6.07) is 16.3. The van der Waals surface area contributed by atoms with Crippen molar-refractivity contribution in [2.75, 3.05) is 5.32 Å². The van der Waals surface area contributed by atoms with E-state index in [1.807, 2.05) is 30.3 Å². The first-order chi connectivity index (χ1) is 12.2. The van der Waals surface area contributed by atoms with Gasteiger partial charge < -0.3 is 9.73 Å². The number of nitrogens with zero attached hydrogens (tertiary/aromatic N) is 2. The number of hydrogen-bond acceptors (Lipinski definition) is 4. The normalized spacial score (nSPS) is 10.8. The molecule has 0 atom stereocenters. The molecular weight excluding hydrogens is 382 g/mol. The second kappa shape index (κ2) is 6.49. The van der Waals surface area contributed by atoms with Gasteiger partial charge in [0.1, 0.15) is 5.52 Å². The smallest absolute Gasteiger partial charge is 0.255 e. The summed E-state index contributed by atoms with van der Waals surface area (Å²) in [5.41, 5.74) is 3.41.